The summed E-state index contributed by atoms with van der Waals surface area (Å²) in [5.41, 5.74) is 7.37. The van der Waals surface area contributed by atoms with Crippen LogP contribution in [-0.4, -0.2) is 4.57 Å². The highest BCUT2D eigenvalue weighted by molar-refractivity contribution is 9.10. The van der Waals surface area contributed by atoms with Gasteiger partial charge in [-0.05, 0) is 72.0 Å². The highest BCUT2D eigenvalue weighted by Crippen LogP contribution is 2.34. The first-order chi connectivity index (χ1) is 17.2. The van der Waals surface area contributed by atoms with Crippen molar-refractivity contribution in [1.29, 1.82) is 0 Å². The molecule has 0 aliphatic carbocycles. The smallest absolute Gasteiger partial charge is 0.0497 e. The number of anilines is 2. The summed E-state index contributed by atoms with van der Waals surface area (Å²) in [6.45, 7) is 5.71. The van der Waals surface area contributed by atoms with Gasteiger partial charge in [-0.1, -0.05) is 91.5 Å². The number of halogens is 1. The average Bonchev–Trinajstić information content (AvgIpc) is 3.21. The van der Waals surface area contributed by atoms with Gasteiger partial charge in [-0.15, -0.1) is 0 Å². The van der Waals surface area contributed by atoms with Gasteiger partial charge in [-0.25, -0.2) is 0 Å². The van der Waals surface area contributed by atoms with Crippen LogP contribution < -0.4 is 5.32 Å². The summed E-state index contributed by atoms with van der Waals surface area (Å²) in [4.78, 5) is 0. The van der Waals surface area contributed by atoms with Crippen LogP contribution in [0.25, 0.3) is 32.9 Å². The summed E-state index contributed by atoms with van der Waals surface area (Å²) in [5, 5.41) is 6.19. The average molecular weight is 526 g/mol. The van der Waals surface area contributed by atoms with Gasteiger partial charge >= 0.3 is 0 Å². The monoisotopic (exact) mass is 524 g/mol. The lowest BCUT2D eigenvalue weighted by Crippen LogP contribution is -2.10. The SMILES string of the molecule is CCCCC(CC)Cn1c2ccccc2c2ccc(-c3ccc(Nc4ccc(Br)cc4)cc3)cc21. The van der Waals surface area contributed by atoms with E-state index in [1.807, 2.05) is 0 Å². The molecule has 0 bridgehead atoms. The molecule has 178 valence electrons. The second-order valence-corrected chi connectivity index (χ2v) is 10.4. The molecule has 1 atom stereocenters. The molecule has 0 radical (unpaired) electrons. The molecule has 1 heterocycles. The highest BCUT2D eigenvalue weighted by atomic mass is 79.9. The predicted molar refractivity (Wildman–Crippen MR) is 156 cm³/mol. The summed E-state index contributed by atoms with van der Waals surface area (Å²) in [6, 6.07) is 32.9. The summed E-state index contributed by atoms with van der Waals surface area (Å²) < 4.78 is 3.66. The molecule has 5 aromatic rings. The van der Waals surface area contributed by atoms with Crippen molar-refractivity contribution < 1.29 is 0 Å². The molecule has 35 heavy (non-hydrogen) atoms. The standard InChI is InChI=1S/C32H33BrN2/c1-3-5-8-23(4-2)22-35-31-10-7-6-9-29(31)30-20-13-25(21-32(30)35)24-11-16-27(17-12-24)34-28-18-14-26(33)15-19-28/h6-7,9-21,23,34H,3-5,8,22H2,1-2H3. The van der Waals surface area contributed by atoms with Crippen LogP contribution in [-0.2, 0) is 6.54 Å². The Morgan fingerprint density at radius 1 is 0.743 bits per heavy atom. The number of unbranched alkanes of at least 4 members (excludes halogenated alkanes) is 1. The Morgan fingerprint density at radius 3 is 2.11 bits per heavy atom. The van der Waals surface area contributed by atoms with Crippen molar-refractivity contribution in [2.24, 2.45) is 5.92 Å². The summed E-state index contributed by atoms with van der Waals surface area (Å²) >= 11 is 3.50. The third-order valence-electron chi connectivity index (χ3n) is 7.11. The zero-order valence-electron chi connectivity index (χ0n) is 20.6. The van der Waals surface area contributed by atoms with E-state index in [1.54, 1.807) is 0 Å². The van der Waals surface area contributed by atoms with Crippen LogP contribution in [0.15, 0.2) is 95.5 Å². The normalized spacial score (nSPS) is 12.3. The van der Waals surface area contributed by atoms with Gasteiger partial charge in [0.05, 0.1) is 0 Å². The molecule has 0 spiro atoms. The van der Waals surface area contributed by atoms with Gasteiger partial charge in [0.15, 0.2) is 0 Å². The van der Waals surface area contributed by atoms with Gasteiger partial charge in [-0.3, -0.25) is 0 Å². The zero-order valence-corrected chi connectivity index (χ0v) is 22.2. The topological polar surface area (TPSA) is 17.0 Å². The summed E-state index contributed by atoms with van der Waals surface area (Å²) in [7, 11) is 0. The predicted octanol–water partition coefficient (Wildman–Crippen LogP) is 10.2. The fourth-order valence-corrected chi connectivity index (χ4v) is 5.31. The number of rotatable bonds is 9. The molecular formula is C32H33BrN2. The van der Waals surface area contributed by atoms with E-state index in [0.29, 0.717) is 5.92 Å². The Kier molecular flexibility index (Phi) is 7.24. The van der Waals surface area contributed by atoms with E-state index < -0.39 is 0 Å². The van der Waals surface area contributed by atoms with Crippen molar-refractivity contribution >= 4 is 49.1 Å². The molecular weight excluding hydrogens is 492 g/mol. The van der Waals surface area contributed by atoms with Gasteiger partial charge in [0.2, 0.25) is 0 Å². The van der Waals surface area contributed by atoms with Gasteiger partial charge in [0.25, 0.3) is 0 Å². The molecule has 0 fully saturated rings. The molecule has 0 aliphatic heterocycles. The van der Waals surface area contributed by atoms with Gasteiger partial charge in [0, 0.05) is 44.2 Å². The van der Waals surface area contributed by atoms with Crippen molar-refractivity contribution in [2.75, 3.05) is 5.32 Å². The summed E-state index contributed by atoms with van der Waals surface area (Å²) in [5.74, 6) is 0.710. The van der Waals surface area contributed by atoms with E-state index in [4.69, 9.17) is 0 Å². The van der Waals surface area contributed by atoms with Crippen LogP contribution in [0.1, 0.15) is 39.5 Å². The fraction of sp³-hybridized carbons (Fsp3) is 0.250. The van der Waals surface area contributed by atoms with Crippen molar-refractivity contribution in [3.8, 4) is 11.1 Å². The molecule has 3 heteroatoms. The van der Waals surface area contributed by atoms with E-state index in [1.165, 1.54) is 58.6 Å². The maximum atomic E-state index is 3.50. The first kappa shape index (κ1) is 23.7. The number of nitrogens with zero attached hydrogens (tertiary/aromatic N) is 1. The van der Waals surface area contributed by atoms with Crippen LogP contribution >= 0.6 is 15.9 Å². The maximum absolute atomic E-state index is 3.50. The van der Waals surface area contributed by atoms with Crippen LogP contribution in [0.3, 0.4) is 0 Å². The van der Waals surface area contributed by atoms with Crippen LogP contribution in [0.4, 0.5) is 11.4 Å². The number of fused-ring (bicyclic) bond motifs is 3. The van der Waals surface area contributed by atoms with Crippen molar-refractivity contribution in [1.82, 2.24) is 4.57 Å². The minimum atomic E-state index is 0.710. The number of aromatic nitrogens is 1. The fourth-order valence-electron chi connectivity index (χ4n) is 5.05. The second-order valence-electron chi connectivity index (χ2n) is 9.49. The van der Waals surface area contributed by atoms with Crippen LogP contribution in [0, 0.1) is 5.92 Å². The van der Waals surface area contributed by atoms with E-state index >= 15 is 0 Å². The van der Waals surface area contributed by atoms with Crippen molar-refractivity contribution in [3.05, 3.63) is 95.5 Å². The molecule has 0 saturated carbocycles. The minimum absolute atomic E-state index is 0.710. The minimum Gasteiger partial charge on any atom is -0.356 e. The number of para-hydroxylation sites is 1. The van der Waals surface area contributed by atoms with E-state index in [-0.39, 0.29) is 0 Å². The molecule has 1 unspecified atom stereocenters. The molecule has 1 aromatic heterocycles. The second kappa shape index (κ2) is 10.7. The molecule has 0 amide bonds. The van der Waals surface area contributed by atoms with Crippen LogP contribution in [0.2, 0.25) is 0 Å². The highest BCUT2D eigenvalue weighted by Gasteiger charge is 2.15. The Hall–Kier alpha value is -3.04. The summed E-state index contributed by atoms with van der Waals surface area (Å²) in [6.07, 6.45) is 5.09. The third-order valence-corrected chi connectivity index (χ3v) is 7.64. The zero-order chi connectivity index (χ0) is 24.2. The lowest BCUT2D eigenvalue weighted by molar-refractivity contribution is 0.401. The first-order valence-electron chi connectivity index (χ1n) is 12.8. The Labute approximate surface area is 217 Å². The number of hydrogen-bond acceptors (Lipinski definition) is 1. The maximum Gasteiger partial charge on any atom is 0.0497 e. The molecule has 1 N–H and O–H groups in total. The largest absolute Gasteiger partial charge is 0.356 e. The lowest BCUT2D eigenvalue weighted by Gasteiger charge is -2.17. The van der Waals surface area contributed by atoms with Gasteiger partial charge < -0.3 is 9.88 Å². The quantitative estimate of drug-likeness (QED) is 0.203. The molecule has 0 saturated heterocycles. The molecule has 5 rings (SSSR count). The van der Waals surface area contributed by atoms with Crippen LogP contribution in [0.5, 0.6) is 0 Å². The molecule has 0 aliphatic rings. The van der Waals surface area contributed by atoms with Gasteiger partial charge in [-0.2, -0.15) is 0 Å². The number of nitrogens with one attached hydrogen (secondary N) is 1. The lowest BCUT2D eigenvalue weighted by atomic mass is 9.99. The third kappa shape index (κ3) is 5.16. The first-order valence-corrected chi connectivity index (χ1v) is 13.6. The van der Waals surface area contributed by atoms with Crippen molar-refractivity contribution in [3.63, 3.8) is 0 Å². The van der Waals surface area contributed by atoms with Crippen molar-refractivity contribution in [2.45, 2.75) is 46.1 Å². The van der Waals surface area contributed by atoms with Gasteiger partial charge in [0.1, 0.15) is 0 Å². The van der Waals surface area contributed by atoms with E-state index in [9.17, 15) is 0 Å². The number of benzene rings is 4. The van der Waals surface area contributed by atoms with E-state index in [0.717, 1.165) is 22.4 Å². The Morgan fingerprint density at radius 2 is 1.40 bits per heavy atom. The van der Waals surface area contributed by atoms with E-state index in [2.05, 4.69) is 131 Å². The molecule has 2 nitrogen and oxygen atoms in total. The Balaban J connectivity index is 1.48. The number of hydrogen-bond donors (Lipinski definition) is 1. The molecule has 4 aromatic carbocycles. The Bertz CT molecular complexity index is 1410.